The lowest BCUT2D eigenvalue weighted by Crippen LogP contribution is -2.29. The van der Waals surface area contributed by atoms with Crippen LogP contribution in [-0.2, 0) is 11.2 Å². The third kappa shape index (κ3) is 4.42. The van der Waals surface area contributed by atoms with Crippen molar-refractivity contribution in [1.29, 1.82) is 0 Å². The van der Waals surface area contributed by atoms with Crippen LogP contribution in [0.5, 0.6) is 0 Å². The molecule has 21 heavy (non-hydrogen) atoms. The summed E-state index contributed by atoms with van der Waals surface area (Å²) in [7, 11) is 0. The Hall–Kier alpha value is -2.16. The lowest BCUT2D eigenvalue weighted by atomic mass is 10.0. The Kier molecular flexibility index (Phi) is 5.09. The molecule has 0 fully saturated rings. The summed E-state index contributed by atoms with van der Waals surface area (Å²) in [5.41, 5.74) is 3.12. The van der Waals surface area contributed by atoms with E-state index in [1.54, 1.807) is 12.1 Å². The van der Waals surface area contributed by atoms with Crippen LogP contribution < -0.4 is 5.32 Å². The number of hydrogen-bond acceptors (Lipinski definition) is 1. The molecule has 110 valence electrons. The van der Waals surface area contributed by atoms with Gasteiger partial charge >= 0.3 is 0 Å². The normalized spacial score (nSPS) is 12.0. The minimum absolute atomic E-state index is 0.0125. The van der Waals surface area contributed by atoms with Gasteiger partial charge in [-0.25, -0.2) is 4.39 Å². The predicted molar refractivity (Wildman–Crippen MR) is 82.5 cm³/mol. The third-order valence-electron chi connectivity index (χ3n) is 3.50. The molecule has 0 aliphatic heterocycles. The molecule has 0 unspecified atom stereocenters. The van der Waals surface area contributed by atoms with Crippen LogP contribution in [0.25, 0.3) is 0 Å². The number of rotatable bonds is 5. The molecule has 1 amide bonds. The second-order valence-electron chi connectivity index (χ2n) is 5.24. The second-order valence-corrected chi connectivity index (χ2v) is 5.24. The van der Waals surface area contributed by atoms with Gasteiger partial charge in [0.05, 0.1) is 12.5 Å². The molecule has 0 aromatic heterocycles. The zero-order valence-corrected chi connectivity index (χ0v) is 12.4. The van der Waals surface area contributed by atoms with Crippen molar-refractivity contribution in [3.8, 4) is 0 Å². The van der Waals surface area contributed by atoms with Gasteiger partial charge in [-0.1, -0.05) is 48.9 Å². The third-order valence-corrected chi connectivity index (χ3v) is 3.50. The van der Waals surface area contributed by atoms with Crippen molar-refractivity contribution in [1.82, 2.24) is 5.32 Å². The molecule has 0 saturated carbocycles. The smallest absolute Gasteiger partial charge is 0.224 e. The summed E-state index contributed by atoms with van der Waals surface area (Å²) in [4.78, 5) is 12.1. The Morgan fingerprint density at radius 3 is 2.29 bits per heavy atom. The van der Waals surface area contributed by atoms with Gasteiger partial charge < -0.3 is 5.32 Å². The fourth-order valence-electron chi connectivity index (χ4n) is 2.25. The maximum atomic E-state index is 12.8. The highest BCUT2D eigenvalue weighted by Crippen LogP contribution is 2.17. The van der Waals surface area contributed by atoms with E-state index >= 15 is 0 Å². The fourth-order valence-corrected chi connectivity index (χ4v) is 2.25. The van der Waals surface area contributed by atoms with E-state index in [4.69, 9.17) is 0 Å². The van der Waals surface area contributed by atoms with Crippen molar-refractivity contribution in [2.24, 2.45) is 0 Å². The average Bonchev–Trinajstić information content (AvgIpc) is 2.48. The number of halogens is 1. The van der Waals surface area contributed by atoms with E-state index in [-0.39, 0.29) is 24.2 Å². The van der Waals surface area contributed by atoms with Gasteiger partial charge in [-0.15, -0.1) is 0 Å². The Bertz CT molecular complexity index is 590. The van der Waals surface area contributed by atoms with E-state index in [1.807, 2.05) is 38.1 Å². The summed E-state index contributed by atoms with van der Waals surface area (Å²) in [5.74, 6) is -0.334. The monoisotopic (exact) mass is 285 g/mol. The molecule has 2 aromatic rings. The highest BCUT2D eigenvalue weighted by Gasteiger charge is 2.12. The molecule has 0 bridgehead atoms. The minimum Gasteiger partial charge on any atom is -0.349 e. The second kappa shape index (κ2) is 7.02. The summed E-state index contributed by atoms with van der Waals surface area (Å²) in [6.45, 7) is 4.08. The fraction of sp³-hybridized carbons (Fsp3) is 0.278. The van der Waals surface area contributed by atoms with Gasteiger partial charge in [-0.3, -0.25) is 4.79 Å². The van der Waals surface area contributed by atoms with E-state index in [9.17, 15) is 9.18 Å². The molecule has 2 aromatic carbocycles. The van der Waals surface area contributed by atoms with Crippen molar-refractivity contribution in [2.45, 2.75) is 32.7 Å². The first-order valence-electron chi connectivity index (χ1n) is 7.19. The standard InChI is InChI=1S/C18H20FNO/c1-3-17(15-8-4-13(2)5-9-15)20-18(21)12-14-6-10-16(19)11-7-14/h4-11,17H,3,12H2,1-2H3,(H,20,21)/t17-/m0/s1. The van der Waals surface area contributed by atoms with Gasteiger partial charge in [-0.2, -0.15) is 0 Å². The molecule has 2 nitrogen and oxygen atoms in total. The Morgan fingerprint density at radius 2 is 1.71 bits per heavy atom. The first-order chi connectivity index (χ1) is 10.1. The number of hydrogen-bond donors (Lipinski definition) is 1. The zero-order chi connectivity index (χ0) is 15.2. The SMILES string of the molecule is CC[C@H](NC(=O)Cc1ccc(F)cc1)c1ccc(C)cc1. The van der Waals surface area contributed by atoms with Gasteiger partial charge in [0, 0.05) is 0 Å². The molecular weight excluding hydrogens is 265 g/mol. The van der Waals surface area contributed by atoms with Crippen LogP contribution >= 0.6 is 0 Å². The van der Waals surface area contributed by atoms with Crippen LogP contribution in [0.4, 0.5) is 4.39 Å². The first-order valence-corrected chi connectivity index (χ1v) is 7.19. The molecule has 0 aliphatic rings. The van der Waals surface area contributed by atoms with E-state index in [0.29, 0.717) is 0 Å². The minimum atomic E-state index is -0.287. The maximum absolute atomic E-state index is 12.8. The zero-order valence-electron chi connectivity index (χ0n) is 12.4. The Balaban J connectivity index is 1.99. The first kappa shape index (κ1) is 15.2. The van der Waals surface area contributed by atoms with Gasteiger partial charge in [0.25, 0.3) is 0 Å². The summed E-state index contributed by atoms with van der Waals surface area (Å²) >= 11 is 0. The number of nitrogens with one attached hydrogen (secondary N) is 1. The van der Waals surface area contributed by atoms with E-state index in [2.05, 4.69) is 5.32 Å². The molecular formula is C18H20FNO. The highest BCUT2D eigenvalue weighted by molar-refractivity contribution is 5.79. The molecule has 0 aliphatic carbocycles. The van der Waals surface area contributed by atoms with Crippen molar-refractivity contribution < 1.29 is 9.18 Å². The highest BCUT2D eigenvalue weighted by atomic mass is 19.1. The molecule has 0 heterocycles. The molecule has 0 radical (unpaired) electrons. The van der Waals surface area contributed by atoms with Gasteiger partial charge in [0.15, 0.2) is 0 Å². The van der Waals surface area contributed by atoms with E-state index < -0.39 is 0 Å². The van der Waals surface area contributed by atoms with Crippen LogP contribution in [0.2, 0.25) is 0 Å². The molecule has 1 atom stereocenters. The van der Waals surface area contributed by atoms with Gasteiger partial charge in [0.1, 0.15) is 5.82 Å². The summed E-state index contributed by atoms with van der Waals surface area (Å²) in [5, 5.41) is 3.03. The number of benzene rings is 2. The quantitative estimate of drug-likeness (QED) is 0.885. The molecule has 0 saturated heterocycles. The van der Waals surface area contributed by atoms with Gasteiger partial charge in [-0.05, 0) is 36.6 Å². The van der Waals surface area contributed by atoms with Crippen molar-refractivity contribution in [3.05, 3.63) is 71.0 Å². The lowest BCUT2D eigenvalue weighted by Gasteiger charge is -2.17. The van der Waals surface area contributed by atoms with Crippen molar-refractivity contribution in [3.63, 3.8) is 0 Å². The number of aryl methyl sites for hydroxylation is 1. The lowest BCUT2D eigenvalue weighted by molar-refractivity contribution is -0.121. The van der Waals surface area contributed by atoms with E-state index in [1.165, 1.54) is 17.7 Å². The van der Waals surface area contributed by atoms with Crippen LogP contribution in [0, 0.1) is 12.7 Å². The van der Waals surface area contributed by atoms with Crippen LogP contribution in [0.15, 0.2) is 48.5 Å². The van der Waals surface area contributed by atoms with Gasteiger partial charge in [0.2, 0.25) is 5.91 Å². The Labute approximate surface area is 125 Å². The van der Waals surface area contributed by atoms with Crippen LogP contribution in [-0.4, -0.2) is 5.91 Å². The topological polar surface area (TPSA) is 29.1 Å². The molecule has 3 heteroatoms. The predicted octanol–water partition coefficient (Wildman–Crippen LogP) is 3.94. The Morgan fingerprint density at radius 1 is 1.10 bits per heavy atom. The maximum Gasteiger partial charge on any atom is 0.224 e. The molecule has 0 spiro atoms. The van der Waals surface area contributed by atoms with Crippen molar-refractivity contribution in [2.75, 3.05) is 0 Å². The molecule has 1 N–H and O–H groups in total. The number of amides is 1. The summed E-state index contributed by atoms with van der Waals surface area (Å²) in [6, 6.07) is 14.2. The largest absolute Gasteiger partial charge is 0.349 e. The summed E-state index contributed by atoms with van der Waals surface area (Å²) in [6.07, 6.45) is 1.10. The van der Waals surface area contributed by atoms with Crippen LogP contribution in [0.1, 0.15) is 36.1 Å². The molecule has 2 rings (SSSR count). The average molecular weight is 285 g/mol. The summed E-state index contributed by atoms with van der Waals surface area (Å²) < 4.78 is 12.8. The van der Waals surface area contributed by atoms with Crippen molar-refractivity contribution >= 4 is 5.91 Å². The van der Waals surface area contributed by atoms with E-state index in [0.717, 1.165) is 17.5 Å². The number of carbonyl (C=O) groups is 1. The number of carbonyl (C=O) groups excluding carboxylic acids is 1. The van der Waals surface area contributed by atoms with Crippen LogP contribution in [0.3, 0.4) is 0 Å².